The van der Waals surface area contributed by atoms with Crippen LogP contribution >= 0.6 is 34.8 Å². The number of fused-ring (bicyclic) bond motifs is 1. The molecule has 2 nitrogen and oxygen atoms in total. The standard InChI is InChI=1S/C33H29Cl3N2/c34-28-13-6-4-11-25(28)21-38-31-16-7-5-12-26(31)27(33(38)24-9-2-1-3-10-24)22-37-19-17-23(18-20-37)32-29(35)14-8-15-30(32)36/h1-16,23H,17-22H2. The van der Waals surface area contributed by atoms with E-state index in [1.807, 2.05) is 30.3 Å². The smallest absolute Gasteiger partial charge is 0.0540 e. The van der Waals surface area contributed by atoms with E-state index in [-0.39, 0.29) is 0 Å². The van der Waals surface area contributed by atoms with Crippen molar-refractivity contribution in [3.8, 4) is 11.3 Å². The van der Waals surface area contributed by atoms with E-state index < -0.39 is 0 Å². The van der Waals surface area contributed by atoms with Crippen LogP contribution in [0.4, 0.5) is 0 Å². The number of rotatable bonds is 6. The SMILES string of the molecule is Clc1ccccc1Cn1c(-c2ccccc2)c(CN2CCC(c3c(Cl)cccc3Cl)CC2)c2ccccc21. The molecule has 38 heavy (non-hydrogen) atoms. The average Bonchev–Trinajstić information content (AvgIpc) is 3.24. The fraction of sp³-hybridized carbons (Fsp3) is 0.212. The predicted molar refractivity (Wildman–Crippen MR) is 162 cm³/mol. The molecule has 0 N–H and O–H groups in total. The highest BCUT2D eigenvalue weighted by molar-refractivity contribution is 6.36. The number of aromatic nitrogens is 1. The van der Waals surface area contributed by atoms with Gasteiger partial charge in [0.25, 0.3) is 0 Å². The second-order valence-corrected chi connectivity index (χ2v) is 11.3. The topological polar surface area (TPSA) is 8.17 Å². The lowest BCUT2D eigenvalue weighted by Crippen LogP contribution is -2.32. The molecule has 0 bridgehead atoms. The summed E-state index contributed by atoms with van der Waals surface area (Å²) in [6.07, 6.45) is 2.09. The zero-order chi connectivity index (χ0) is 26.1. The molecule has 0 radical (unpaired) electrons. The molecular weight excluding hydrogens is 531 g/mol. The van der Waals surface area contributed by atoms with Gasteiger partial charge in [-0.1, -0.05) is 108 Å². The zero-order valence-corrected chi connectivity index (χ0v) is 23.4. The quantitative estimate of drug-likeness (QED) is 0.201. The van der Waals surface area contributed by atoms with Gasteiger partial charge in [0.15, 0.2) is 0 Å². The minimum atomic E-state index is 0.391. The molecule has 5 aromatic rings. The Hall–Kier alpha value is -2.75. The van der Waals surface area contributed by atoms with Gasteiger partial charge in [-0.3, -0.25) is 4.90 Å². The van der Waals surface area contributed by atoms with Crippen LogP contribution in [0.5, 0.6) is 0 Å². The molecule has 0 aliphatic carbocycles. The van der Waals surface area contributed by atoms with Crippen LogP contribution in [0.3, 0.4) is 0 Å². The minimum absolute atomic E-state index is 0.391. The lowest BCUT2D eigenvalue weighted by Gasteiger charge is -2.33. The van der Waals surface area contributed by atoms with Crippen molar-refractivity contribution in [2.45, 2.75) is 31.8 Å². The van der Waals surface area contributed by atoms with Crippen LogP contribution < -0.4 is 0 Å². The fourth-order valence-electron chi connectivity index (χ4n) is 5.93. The molecule has 0 unspecified atom stereocenters. The molecule has 2 heterocycles. The van der Waals surface area contributed by atoms with E-state index in [4.69, 9.17) is 34.8 Å². The highest BCUT2D eigenvalue weighted by atomic mass is 35.5. The second kappa shape index (κ2) is 11.2. The molecule has 0 spiro atoms. The van der Waals surface area contributed by atoms with E-state index >= 15 is 0 Å². The van der Waals surface area contributed by atoms with Crippen LogP contribution in [0.1, 0.15) is 35.4 Å². The van der Waals surface area contributed by atoms with Gasteiger partial charge in [-0.25, -0.2) is 0 Å². The molecule has 192 valence electrons. The number of para-hydroxylation sites is 1. The highest BCUT2D eigenvalue weighted by Gasteiger charge is 2.27. The van der Waals surface area contributed by atoms with Crippen molar-refractivity contribution in [1.82, 2.24) is 9.47 Å². The third-order valence-corrected chi connectivity index (χ3v) is 8.81. The molecule has 5 heteroatoms. The molecular formula is C33H29Cl3N2. The number of nitrogens with zero attached hydrogens (tertiary/aromatic N) is 2. The zero-order valence-electron chi connectivity index (χ0n) is 21.1. The maximum absolute atomic E-state index is 6.63. The van der Waals surface area contributed by atoms with Crippen LogP contribution in [-0.4, -0.2) is 22.6 Å². The Bertz CT molecular complexity index is 1550. The lowest BCUT2D eigenvalue weighted by atomic mass is 9.89. The van der Waals surface area contributed by atoms with Gasteiger partial charge < -0.3 is 4.57 Å². The number of hydrogen-bond donors (Lipinski definition) is 0. The van der Waals surface area contributed by atoms with Gasteiger partial charge in [0.05, 0.1) is 5.69 Å². The molecule has 0 amide bonds. The molecule has 0 atom stereocenters. The summed E-state index contributed by atoms with van der Waals surface area (Å²) in [5, 5.41) is 3.66. The predicted octanol–water partition coefficient (Wildman–Crippen LogP) is 9.70. The summed E-state index contributed by atoms with van der Waals surface area (Å²) in [6.45, 7) is 3.62. The van der Waals surface area contributed by atoms with E-state index in [0.29, 0.717) is 5.92 Å². The van der Waals surface area contributed by atoms with Gasteiger partial charge in [-0.2, -0.15) is 0 Å². The molecule has 1 aromatic heterocycles. The largest absolute Gasteiger partial charge is 0.336 e. The van der Waals surface area contributed by atoms with Crippen molar-refractivity contribution in [1.29, 1.82) is 0 Å². The maximum Gasteiger partial charge on any atom is 0.0540 e. The number of piperidine rings is 1. The monoisotopic (exact) mass is 558 g/mol. The van der Waals surface area contributed by atoms with Gasteiger partial charge in [0.1, 0.15) is 0 Å². The van der Waals surface area contributed by atoms with Crippen LogP contribution in [-0.2, 0) is 13.1 Å². The van der Waals surface area contributed by atoms with Crippen molar-refractivity contribution >= 4 is 45.7 Å². The molecule has 0 saturated carbocycles. The Balaban J connectivity index is 1.37. The first kappa shape index (κ1) is 25.5. The Morgan fingerprint density at radius 2 is 1.26 bits per heavy atom. The summed E-state index contributed by atoms with van der Waals surface area (Å²) < 4.78 is 2.44. The number of halogens is 3. The summed E-state index contributed by atoms with van der Waals surface area (Å²) in [6, 6.07) is 33.5. The third kappa shape index (κ3) is 4.99. The third-order valence-electron chi connectivity index (χ3n) is 7.79. The van der Waals surface area contributed by atoms with E-state index in [9.17, 15) is 0 Å². The van der Waals surface area contributed by atoms with Gasteiger partial charge in [0.2, 0.25) is 0 Å². The molecule has 1 aliphatic heterocycles. The Kier molecular flexibility index (Phi) is 7.50. The number of benzene rings is 4. The van der Waals surface area contributed by atoms with E-state index in [1.165, 1.54) is 27.7 Å². The van der Waals surface area contributed by atoms with E-state index in [0.717, 1.165) is 65.2 Å². The Morgan fingerprint density at radius 1 is 0.632 bits per heavy atom. The molecule has 4 aromatic carbocycles. The Labute approximate surface area is 239 Å². The van der Waals surface area contributed by atoms with Crippen LogP contribution in [0.2, 0.25) is 15.1 Å². The first-order chi connectivity index (χ1) is 18.6. The normalized spacial score (nSPS) is 14.8. The summed E-state index contributed by atoms with van der Waals surface area (Å²) in [7, 11) is 0. The summed E-state index contributed by atoms with van der Waals surface area (Å²) in [5.41, 5.74) is 7.33. The van der Waals surface area contributed by atoms with Gasteiger partial charge in [-0.05, 0) is 78.4 Å². The highest BCUT2D eigenvalue weighted by Crippen LogP contribution is 2.40. The van der Waals surface area contributed by atoms with E-state index in [1.54, 1.807) is 0 Å². The van der Waals surface area contributed by atoms with Crippen molar-refractivity contribution < 1.29 is 0 Å². The van der Waals surface area contributed by atoms with Gasteiger partial charge >= 0.3 is 0 Å². The lowest BCUT2D eigenvalue weighted by molar-refractivity contribution is 0.205. The van der Waals surface area contributed by atoms with Crippen LogP contribution in [0, 0.1) is 0 Å². The van der Waals surface area contributed by atoms with Crippen molar-refractivity contribution in [2.24, 2.45) is 0 Å². The molecule has 1 aliphatic rings. The van der Waals surface area contributed by atoms with Crippen molar-refractivity contribution in [3.63, 3.8) is 0 Å². The van der Waals surface area contributed by atoms with Crippen molar-refractivity contribution in [2.75, 3.05) is 13.1 Å². The fourth-order valence-corrected chi connectivity index (χ4v) is 6.83. The summed E-state index contributed by atoms with van der Waals surface area (Å²) in [5.74, 6) is 0.391. The molecule has 1 saturated heterocycles. The minimum Gasteiger partial charge on any atom is -0.336 e. The average molecular weight is 560 g/mol. The van der Waals surface area contributed by atoms with Crippen LogP contribution in [0.25, 0.3) is 22.2 Å². The van der Waals surface area contributed by atoms with Gasteiger partial charge in [-0.15, -0.1) is 0 Å². The first-order valence-corrected chi connectivity index (χ1v) is 14.3. The number of hydrogen-bond acceptors (Lipinski definition) is 1. The van der Waals surface area contributed by atoms with E-state index in [2.05, 4.69) is 76.2 Å². The van der Waals surface area contributed by atoms with Crippen LogP contribution in [0.15, 0.2) is 97.1 Å². The summed E-state index contributed by atoms with van der Waals surface area (Å²) >= 11 is 19.7. The summed E-state index contributed by atoms with van der Waals surface area (Å²) in [4.78, 5) is 2.58. The second-order valence-electron chi connectivity index (χ2n) is 10.1. The first-order valence-electron chi connectivity index (χ1n) is 13.2. The molecule has 1 fully saturated rings. The maximum atomic E-state index is 6.63. The van der Waals surface area contributed by atoms with Crippen molar-refractivity contribution in [3.05, 3.63) is 129 Å². The molecule has 6 rings (SSSR count). The Morgan fingerprint density at radius 3 is 2.00 bits per heavy atom. The van der Waals surface area contributed by atoms with Gasteiger partial charge in [0, 0.05) is 39.1 Å². The number of likely N-dealkylation sites (tertiary alicyclic amines) is 1.